The van der Waals surface area contributed by atoms with E-state index in [9.17, 15) is 0 Å². The van der Waals surface area contributed by atoms with Gasteiger partial charge in [0, 0.05) is 19.2 Å². The minimum Gasteiger partial charge on any atom is -0.493 e. The molecule has 0 bridgehead atoms. The highest BCUT2D eigenvalue weighted by atomic mass is 16.5. The number of nitrogens with zero attached hydrogens (tertiary/aromatic N) is 2. The summed E-state index contributed by atoms with van der Waals surface area (Å²) < 4.78 is 23.7. The summed E-state index contributed by atoms with van der Waals surface area (Å²) in [6, 6.07) is 11.9. The third kappa shape index (κ3) is 3.13. The molecular weight excluding hydrogens is 320 g/mol. The van der Waals surface area contributed by atoms with E-state index in [0.29, 0.717) is 30.4 Å². The lowest BCUT2D eigenvalue weighted by molar-refractivity contribution is 0.188. The predicted octanol–water partition coefficient (Wildman–Crippen LogP) is 3.38. The van der Waals surface area contributed by atoms with E-state index in [4.69, 9.17) is 23.9 Å². The predicted molar refractivity (Wildman–Crippen MR) is 96.7 cm³/mol. The molecule has 0 amide bonds. The lowest BCUT2D eigenvalue weighted by atomic mass is 10.1. The fourth-order valence-electron chi connectivity index (χ4n) is 2.91. The third-order valence-electron chi connectivity index (χ3n) is 4.10. The number of rotatable bonds is 7. The molecule has 0 saturated carbocycles. The first-order valence-electron chi connectivity index (χ1n) is 7.98. The fourth-order valence-corrected chi connectivity index (χ4v) is 2.91. The molecule has 0 saturated heterocycles. The SMILES string of the molecule is COCCn1c(-c2cc(OC)c(OC)c(OC)c2)nc2ccccc21. The van der Waals surface area contributed by atoms with Crippen LogP contribution in [0.15, 0.2) is 36.4 Å². The highest BCUT2D eigenvalue weighted by Crippen LogP contribution is 2.41. The van der Waals surface area contributed by atoms with Crippen LogP contribution in [0.1, 0.15) is 0 Å². The van der Waals surface area contributed by atoms with Gasteiger partial charge in [0.2, 0.25) is 5.75 Å². The van der Waals surface area contributed by atoms with Crippen LogP contribution in [-0.2, 0) is 11.3 Å². The zero-order valence-electron chi connectivity index (χ0n) is 14.9. The van der Waals surface area contributed by atoms with E-state index in [-0.39, 0.29) is 0 Å². The van der Waals surface area contributed by atoms with Crippen molar-refractivity contribution in [2.45, 2.75) is 6.54 Å². The molecule has 2 aromatic carbocycles. The number of para-hydroxylation sites is 2. The molecule has 6 nitrogen and oxygen atoms in total. The molecule has 0 fully saturated rings. The molecule has 0 radical (unpaired) electrons. The number of aromatic nitrogens is 2. The quantitative estimate of drug-likeness (QED) is 0.659. The second-order valence-electron chi connectivity index (χ2n) is 5.48. The van der Waals surface area contributed by atoms with Crippen LogP contribution in [0, 0.1) is 0 Å². The van der Waals surface area contributed by atoms with Crippen LogP contribution in [-0.4, -0.2) is 44.6 Å². The first kappa shape index (κ1) is 17.1. The van der Waals surface area contributed by atoms with Crippen LogP contribution in [0.2, 0.25) is 0 Å². The molecule has 0 aliphatic rings. The fraction of sp³-hybridized carbons (Fsp3) is 0.316. The molecule has 0 atom stereocenters. The van der Waals surface area contributed by atoms with Crippen molar-refractivity contribution in [3.63, 3.8) is 0 Å². The lowest BCUT2D eigenvalue weighted by Gasteiger charge is -2.15. The van der Waals surface area contributed by atoms with Crippen LogP contribution >= 0.6 is 0 Å². The molecule has 3 aromatic rings. The largest absolute Gasteiger partial charge is 0.493 e. The van der Waals surface area contributed by atoms with Crippen LogP contribution in [0.4, 0.5) is 0 Å². The molecule has 0 aliphatic heterocycles. The molecule has 25 heavy (non-hydrogen) atoms. The molecule has 1 aromatic heterocycles. The monoisotopic (exact) mass is 342 g/mol. The maximum absolute atomic E-state index is 5.47. The van der Waals surface area contributed by atoms with Crippen molar-refractivity contribution in [1.82, 2.24) is 9.55 Å². The summed E-state index contributed by atoms with van der Waals surface area (Å²) in [6.45, 7) is 1.29. The van der Waals surface area contributed by atoms with Gasteiger partial charge in [-0.05, 0) is 24.3 Å². The van der Waals surface area contributed by atoms with Crippen molar-refractivity contribution in [2.75, 3.05) is 35.0 Å². The number of imidazole rings is 1. The van der Waals surface area contributed by atoms with Gasteiger partial charge in [0.15, 0.2) is 11.5 Å². The molecule has 6 heteroatoms. The molecule has 0 unspecified atom stereocenters. The van der Waals surface area contributed by atoms with Gasteiger partial charge in [-0.3, -0.25) is 0 Å². The first-order chi connectivity index (χ1) is 12.2. The van der Waals surface area contributed by atoms with E-state index in [1.54, 1.807) is 28.4 Å². The van der Waals surface area contributed by atoms with Crippen molar-refractivity contribution >= 4 is 11.0 Å². The summed E-state index contributed by atoms with van der Waals surface area (Å²) >= 11 is 0. The van der Waals surface area contributed by atoms with Gasteiger partial charge in [-0.1, -0.05) is 12.1 Å². The molecule has 0 aliphatic carbocycles. The topological polar surface area (TPSA) is 54.7 Å². The maximum Gasteiger partial charge on any atom is 0.203 e. The summed E-state index contributed by atoms with van der Waals surface area (Å²) in [5.74, 6) is 2.59. The lowest BCUT2D eigenvalue weighted by Crippen LogP contribution is -2.06. The summed E-state index contributed by atoms with van der Waals surface area (Å²) in [5, 5.41) is 0. The van der Waals surface area contributed by atoms with Gasteiger partial charge in [0.25, 0.3) is 0 Å². The van der Waals surface area contributed by atoms with Crippen molar-refractivity contribution in [2.24, 2.45) is 0 Å². The Labute approximate surface area is 146 Å². The van der Waals surface area contributed by atoms with Gasteiger partial charge < -0.3 is 23.5 Å². The Morgan fingerprint density at radius 1 is 0.920 bits per heavy atom. The van der Waals surface area contributed by atoms with Crippen LogP contribution in [0.3, 0.4) is 0 Å². The van der Waals surface area contributed by atoms with E-state index >= 15 is 0 Å². The standard InChI is InChI=1S/C19H22N2O4/c1-22-10-9-21-15-8-6-5-7-14(15)20-19(21)13-11-16(23-2)18(25-4)17(12-13)24-3/h5-8,11-12H,9-10H2,1-4H3. The van der Waals surface area contributed by atoms with Gasteiger partial charge >= 0.3 is 0 Å². The minimum absolute atomic E-state index is 0.563. The minimum atomic E-state index is 0.563. The Balaban J connectivity index is 2.21. The summed E-state index contributed by atoms with van der Waals surface area (Å²) in [5.41, 5.74) is 2.88. The van der Waals surface area contributed by atoms with E-state index in [1.807, 2.05) is 30.3 Å². The average molecular weight is 342 g/mol. The Morgan fingerprint density at radius 3 is 2.20 bits per heavy atom. The van der Waals surface area contributed by atoms with Crippen molar-refractivity contribution in [3.8, 4) is 28.6 Å². The highest BCUT2D eigenvalue weighted by Gasteiger charge is 2.18. The Hall–Kier alpha value is -2.73. The van der Waals surface area contributed by atoms with Gasteiger partial charge in [0.05, 0.1) is 39.0 Å². The average Bonchev–Trinajstić information content (AvgIpc) is 3.03. The normalized spacial score (nSPS) is 10.9. The zero-order valence-corrected chi connectivity index (χ0v) is 14.9. The Morgan fingerprint density at radius 2 is 1.60 bits per heavy atom. The van der Waals surface area contributed by atoms with Gasteiger partial charge in [-0.15, -0.1) is 0 Å². The highest BCUT2D eigenvalue weighted by molar-refractivity contribution is 5.81. The number of ether oxygens (including phenoxy) is 4. The van der Waals surface area contributed by atoms with Crippen molar-refractivity contribution < 1.29 is 18.9 Å². The number of hydrogen-bond acceptors (Lipinski definition) is 5. The number of benzene rings is 2. The molecular formula is C19H22N2O4. The maximum atomic E-state index is 5.47. The smallest absolute Gasteiger partial charge is 0.203 e. The summed E-state index contributed by atoms with van der Waals surface area (Å²) in [7, 11) is 6.50. The molecule has 0 N–H and O–H groups in total. The summed E-state index contributed by atoms with van der Waals surface area (Å²) in [6.07, 6.45) is 0. The number of hydrogen-bond donors (Lipinski definition) is 0. The number of fused-ring (bicyclic) bond motifs is 1. The molecule has 0 spiro atoms. The Bertz CT molecular complexity index is 848. The first-order valence-corrected chi connectivity index (χ1v) is 7.98. The second kappa shape index (κ2) is 7.44. The van der Waals surface area contributed by atoms with Gasteiger partial charge in [-0.2, -0.15) is 0 Å². The second-order valence-corrected chi connectivity index (χ2v) is 5.48. The van der Waals surface area contributed by atoms with Crippen LogP contribution < -0.4 is 14.2 Å². The van der Waals surface area contributed by atoms with E-state index in [2.05, 4.69) is 10.6 Å². The Kier molecular flexibility index (Phi) is 5.09. The number of methoxy groups -OCH3 is 4. The van der Waals surface area contributed by atoms with Crippen LogP contribution in [0.5, 0.6) is 17.2 Å². The molecule has 1 heterocycles. The van der Waals surface area contributed by atoms with E-state index in [0.717, 1.165) is 22.4 Å². The third-order valence-corrected chi connectivity index (χ3v) is 4.10. The van der Waals surface area contributed by atoms with Crippen molar-refractivity contribution in [3.05, 3.63) is 36.4 Å². The van der Waals surface area contributed by atoms with Gasteiger partial charge in [0.1, 0.15) is 5.82 Å². The zero-order chi connectivity index (χ0) is 17.8. The molecule has 3 rings (SSSR count). The van der Waals surface area contributed by atoms with Gasteiger partial charge in [-0.25, -0.2) is 4.98 Å². The van der Waals surface area contributed by atoms with E-state index < -0.39 is 0 Å². The molecule has 132 valence electrons. The van der Waals surface area contributed by atoms with Crippen molar-refractivity contribution in [1.29, 1.82) is 0 Å². The van der Waals surface area contributed by atoms with E-state index in [1.165, 1.54) is 0 Å². The summed E-state index contributed by atoms with van der Waals surface area (Å²) in [4.78, 5) is 4.80. The van der Waals surface area contributed by atoms with Crippen LogP contribution in [0.25, 0.3) is 22.4 Å².